The Labute approximate surface area is 53.4 Å². The predicted molar refractivity (Wildman–Crippen MR) is 30.3 cm³/mol. The van der Waals surface area contributed by atoms with Gasteiger partial charge >= 0.3 is 0 Å². The van der Waals surface area contributed by atoms with Crippen molar-refractivity contribution >= 4 is 0 Å². The van der Waals surface area contributed by atoms with Crippen molar-refractivity contribution in [3.8, 4) is 0 Å². The Bertz CT molecular complexity index is 79.0. The maximum atomic E-state index is 8.73. The first-order valence-electron chi connectivity index (χ1n) is 2.79. The van der Waals surface area contributed by atoms with E-state index in [1.165, 1.54) is 0 Å². The van der Waals surface area contributed by atoms with E-state index in [-0.39, 0.29) is 6.42 Å². The van der Waals surface area contributed by atoms with Crippen LogP contribution in [0.1, 0.15) is 19.8 Å². The van der Waals surface area contributed by atoms with Crippen molar-refractivity contribution in [3.05, 3.63) is 0 Å². The average molecular weight is 136 g/mol. The maximum Gasteiger partial charge on any atom is 0.167 e. The summed E-state index contributed by atoms with van der Waals surface area (Å²) in [5, 5.41) is 34.0. The third-order valence-corrected chi connectivity index (χ3v) is 1.08. The molecule has 0 aliphatic rings. The number of rotatable bonds is 3. The molecule has 0 heterocycles. The van der Waals surface area contributed by atoms with Crippen LogP contribution in [-0.4, -0.2) is 32.5 Å². The standard InChI is InChI=1S/C5H12O4/c1-2-5(8,9)3-4(6)7/h4,6-9H,2-3H2,1H3. The highest BCUT2D eigenvalue weighted by atomic mass is 16.5. The Kier molecular flexibility index (Phi) is 3.07. The highest BCUT2D eigenvalue weighted by Crippen LogP contribution is 2.11. The first kappa shape index (κ1) is 8.84. The van der Waals surface area contributed by atoms with Crippen molar-refractivity contribution in [1.29, 1.82) is 0 Å². The van der Waals surface area contributed by atoms with E-state index in [1.807, 2.05) is 0 Å². The second kappa shape index (κ2) is 3.12. The van der Waals surface area contributed by atoms with Gasteiger partial charge in [-0.3, -0.25) is 0 Å². The van der Waals surface area contributed by atoms with Crippen LogP contribution in [0.4, 0.5) is 0 Å². The van der Waals surface area contributed by atoms with Crippen molar-refractivity contribution in [2.75, 3.05) is 0 Å². The van der Waals surface area contributed by atoms with E-state index in [1.54, 1.807) is 6.92 Å². The van der Waals surface area contributed by atoms with Gasteiger partial charge in [0.2, 0.25) is 0 Å². The molecule has 4 N–H and O–H groups in total. The Morgan fingerprint density at radius 1 is 1.33 bits per heavy atom. The molecule has 0 saturated heterocycles. The van der Waals surface area contributed by atoms with Gasteiger partial charge in [0.15, 0.2) is 12.1 Å². The molecule has 0 spiro atoms. The molecule has 4 heteroatoms. The molecule has 0 saturated carbocycles. The summed E-state index contributed by atoms with van der Waals surface area (Å²) >= 11 is 0. The quantitative estimate of drug-likeness (QED) is 0.366. The summed E-state index contributed by atoms with van der Waals surface area (Å²) in [4.78, 5) is 0. The molecule has 0 amide bonds. The van der Waals surface area contributed by atoms with Crippen LogP contribution in [0.15, 0.2) is 0 Å². The normalized spacial score (nSPS) is 12.7. The summed E-state index contributed by atoms with van der Waals surface area (Å²) in [6, 6.07) is 0. The summed E-state index contributed by atoms with van der Waals surface area (Å²) < 4.78 is 0. The number of hydrogen-bond donors (Lipinski definition) is 4. The molecular weight excluding hydrogens is 124 g/mol. The van der Waals surface area contributed by atoms with E-state index in [0.717, 1.165) is 0 Å². The van der Waals surface area contributed by atoms with Crippen LogP contribution in [0.5, 0.6) is 0 Å². The van der Waals surface area contributed by atoms with Crippen LogP contribution in [-0.2, 0) is 0 Å². The molecule has 0 unspecified atom stereocenters. The minimum atomic E-state index is -1.94. The SMILES string of the molecule is CCC(O)(O)CC(O)O. The van der Waals surface area contributed by atoms with Crippen molar-refractivity contribution in [2.45, 2.75) is 31.8 Å². The lowest BCUT2D eigenvalue weighted by molar-refractivity contribution is -0.208. The Balaban J connectivity index is 3.58. The lowest BCUT2D eigenvalue weighted by Crippen LogP contribution is -2.31. The molecule has 0 fully saturated rings. The summed E-state index contributed by atoms with van der Waals surface area (Å²) in [5.74, 6) is -1.94. The van der Waals surface area contributed by atoms with Crippen molar-refractivity contribution < 1.29 is 20.4 Å². The van der Waals surface area contributed by atoms with E-state index in [4.69, 9.17) is 20.4 Å². The smallest absolute Gasteiger partial charge is 0.167 e. The van der Waals surface area contributed by atoms with Gasteiger partial charge in [-0.2, -0.15) is 0 Å². The fourth-order valence-corrected chi connectivity index (χ4v) is 0.437. The Morgan fingerprint density at radius 2 is 1.78 bits per heavy atom. The molecule has 0 aromatic rings. The van der Waals surface area contributed by atoms with Crippen LogP contribution >= 0.6 is 0 Å². The van der Waals surface area contributed by atoms with E-state index < -0.39 is 18.5 Å². The highest BCUT2D eigenvalue weighted by Gasteiger charge is 2.22. The highest BCUT2D eigenvalue weighted by molar-refractivity contribution is 4.61. The third kappa shape index (κ3) is 4.35. The third-order valence-electron chi connectivity index (χ3n) is 1.08. The monoisotopic (exact) mass is 136 g/mol. The summed E-state index contributed by atoms with van der Waals surface area (Å²) in [6.45, 7) is 1.54. The fourth-order valence-electron chi connectivity index (χ4n) is 0.437. The van der Waals surface area contributed by atoms with Crippen LogP contribution in [0.2, 0.25) is 0 Å². The molecule has 0 atom stereocenters. The van der Waals surface area contributed by atoms with Crippen LogP contribution in [0.3, 0.4) is 0 Å². The largest absolute Gasteiger partial charge is 0.368 e. The van der Waals surface area contributed by atoms with Gasteiger partial charge in [-0.1, -0.05) is 6.92 Å². The van der Waals surface area contributed by atoms with Gasteiger partial charge in [-0.05, 0) is 6.42 Å². The van der Waals surface area contributed by atoms with Crippen LogP contribution in [0.25, 0.3) is 0 Å². The average Bonchev–Trinajstić information content (AvgIpc) is 1.63. The van der Waals surface area contributed by atoms with Gasteiger partial charge in [0.25, 0.3) is 0 Å². The molecule has 0 aliphatic heterocycles. The molecule has 0 radical (unpaired) electrons. The first-order valence-corrected chi connectivity index (χ1v) is 2.79. The minimum absolute atomic E-state index is 0.0879. The minimum Gasteiger partial charge on any atom is -0.368 e. The second-order valence-corrected chi connectivity index (χ2v) is 2.02. The lowest BCUT2D eigenvalue weighted by atomic mass is 10.1. The molecule has 0 aliphatic carbocycles. The van der Waals surface area contributed by atoms with Crippen molar-refractivity contribution in [1.82, 2.24) is 0 Å². The Morgan fingerprint density at radius 3 is 1.89 bits per heavy atom. The zero-order valence-electron chi connectivity index (χ0n) is 5.28. The predicted octanol–water partition coefficient (Wildman–Crippen LogP) is -1.22. The molecule has 0 bridgehead atoms. The molecule has 9 heavy (non-hydrogen) atoms. The van der Waals surface area contributed by atoms with Crippen molar-refractivity contribution in [3.63, 3.8) is 0 Å². The zero-order chi connectivity index (χ0) is 7.49. The van der Waals surface area contributed by atoms with Crippen molar-refractivity contribution in [2.24, 2.45) is 0 Å². The molecule has 0 rings (SSSR count). The number of hydrogen-bond acceptors (Lipinski definition) is 4. The lowest BCUT2D eigenvalue weighted by Gasteiger charge is -2.19. The topological polar surface area (TPSA) is 80.9 Å². The maximum absolute atomic E-state index is 8.73. The van der Waals surface area contributed by atoms with Gasteiger partial charge in [0.1, 0.15) is 0 Å². The van der Waals surface area contributed by atoms with Gasteiger partial charge in [-0.25, -0.2) is 0 Å². The van der Waals surface area contributed by atoms with Crippen LogP contribution in [0, 0.1) is 0 Å². The molecular formula is C5H12O4. The first-order chi connectivity index (χ1) is 3.98. The van der Waals surface area contributed by atoms with Gasteiger partial charge < -0.3 is 20.4 Å². The fraction of sp³-hybridized carbons (Fsp3) is 1.00. The molecule has 0 aromatic heterocycles. The number of aliphatic hydroxyl groups is 4. The molecule has 4 nitrogen and oxygen atoms in total. The van der Waals surface area contributed by atoms with E-state index in [9.17, 15) is 0 Å². The van der Waals surface area contributed by atoms with Gasteiger partial charge in [0.05, 0.1) is 6.42 Å². The van der Waals surface area contributed by atoms with Crippen LogP contribution < -0.4 is 0 Å². The van der Waals surface area contributed by atoms with E-state index in [0.29, 0.717) is 0 Å². The zero-order valence-corrected chi connectivity index (χ0v) is 5.28. The van der Waals surface area contributed by atoms with E-state index >= 15 is 0 Å². The van der Waals surface area contributed by atoms with Gasteiger partial charge in [0, 0.05) is 0 Å². The van der Waals surface area contributed by atoms with Gasteiger partial charge in [-0.15, -0.1) is 0 Å². The molecule has 0 aromatic carbocycles. The summed E-state index contributed by atoms with van der Waals surface area (Å²) in [6.07, 6.45) is -1.99. The second-order valence-electron chi connectivity index (χ2n) is 2.02. The molecule has 56 valence electrons. The van der Waals surface area contributed by atoms with E-state index in [2.05, 4.69) is 0 Å². The summed E-state index contributed by atoms with van der Waals surface area (Å²) in [7, 11) is 0. The summed E-state index contributed by atoms with van der Waals surface area (Å²) in [5.41, 5.74) is 0. The Hall–Kier alpha value is -0.160. The number of aliphatic hydroxyl groups excluding tert-OH is 1.